The maximum absolute atomic E-state index is 12.0. The Morgan fingerprint density at radius 1 is 1.08 bits per heavy atom. The van der Waals surface area contributed by atoms with E-state index in [4.69, 9.17) is 27.9 Å². The number of hydrogen-bond acceptors (Lipinski definition) is 3. The third-order valence-electron chi connectivity index (χ3n) is 3.21. The molecule has 0 aliphatic carbocycles. The van der Waals surface area contributed by atoms with Gasteiger partial charge in [-0.3, -0.25) is 4.79 Å². The van der Waals surface area contributed by atoms with Crippen molar-refractivity contribution in [1.29, 1.82) is 0 Å². The van der Waals surface area contributed by atoms with Crippen LogP contribution in [-0.2, 0) is 14.3 Å². The third-order valence-corrected chi connectivity index (χ3v) is 3.95. The lowest BCUT2D eigenvalue weighted by Gasteiger charge is -2.16. The zero-order valence-electron chi connectivity index (χ0n) is 12.9. The van der Waals surface area contributed by atoms with Crippen molar-refractivity contribution in [3.8, 4) is 0 Å². The Bertz CT molecular complexity index is 760. The maximum atomic E-state index is 12.0. The minimum Gasteiger partial charge on any atom is -0.452 e. The molecule has 0 radical (unpaired) electrons. The zero-order valence-corrected chi connectivity index (χ0v) is 14.4. The fraction of sp³-hybridized carbons (Fsp3) is 0.111. The van der Waals surface area contributed by atoms with E-state index in [2.05, 4.69) is 0 Å². The van der Waals surface area contributed by atoms with Gasteiger partial charge in [-0.2, -0.15) is 0 Å². The molecule has 2 aromatic rings. The summed E-state index contributed by atoms with van der Waals surface area (Å²) in [6.07, 6.45) is 2.77. The van der Waals surface area contributed by atoms with Gasteiger partial charge < -0.3 is 9.64 Å². The first-order chi connectivity index (χ1) is 11.5. The minimum absolute atomic E-state index is 0.322. The van der Waals surface area contributed by atoms with Gasteiger partial charge in [0.25, 0.3) is 5.91 Å². The molecule has 2 rings (SSSR count). The van der Waals surface area contributed by atoms with Crippen molar-refractivity contribution in [2.24, 2.45) is 0 Å². The standard InChI is InChI=1S/C18H15Cl2NO3/c1-21(14-5-3-2-4-6-14)17(22)12-24-18(23)10-8-13-7-9-15(19)16(20)11-13/h2-11H,12H2,1H3/b10-8+. The highest BCUT2D eigenvalue weighted by atomic mass is 35.5. The molecule has 1 amide bonds. The summed E-state index contributed by atoms with van der Waals surface area (Å²) < 4.78 is 4.95. The van der Waals surface area contributed by atoms with Crippen LogP contribution in [0.2, 0.25) is 10.0 Å². The smallest absolute Gasteiger partial charge is 0.331 e. The molecule has 0 N–H and O–H groups in total. The van der Waals surface area contributed by atoms with Crippen LogP contribution >= 0.6 is 23.2 Å². The van der Waals surface area contributed by atoms with Crippen LogP contribution < -0.4 is 4.90 Å². The molecule has 124 valence electrons. The summed E-state index contributed by atoms with van der Waals surface area (Å²) >= 11 is 11.7. The topological polar surface area (TPSA) is 46.6 Å². The highest BCUT2D eigenvalue weighted by Crippen LogP contribution is 2.23. The third kappa shape index (κ3) is 5.11. The largest absolute Gasteiger partial charge is 0.452 e. The fourth-order valence-corrected chi connectivity index (χ4v) is 2.16. The van der Waals surface area contributed by atoms with Gasteiger partial charge in [0.05, 0.1) is 10.0 Å². The second kappa shape index (κ2) is 8.52. The number of carbonyl (C=O) groups is 2. The van der Waals surface area contributed by atoms with Crippen LogP contribution in [0.4, 0.5) is 5.69 Å². The predicted molar refractivity (Wildman–Crippen MR) is 96.3 cm³/mol. The first-order valence-corrected chi connectivity index (χ1v) is 7.84. The number of carbonyl (C=O) groups excluding carboxylic acids is 2. The van der Waals surface area contributed by atoms with Gasteiger partial charge in [-0.15, -0.1) is 0 Å². The molecule has 0 atom stereocenters. The lowest BCUT2D eigenvalue weighted by molar-refractivity contribution is -0.142. The number of likely N-dealkylation sites (N-methyl/N-ethyl adjacent to an activating group) is 1. The van der Waals surface area contributed by atoms with Crippen LogP contribution in [0.1, 0.15) is 5.56 Å². The zero-order chi connectivity index (χ0) is 17.5. The molecule has 2 aromatic carbocycles. The summed E-state index contributed by atoms with van der Waals surface area (Å²) in [5, 5.41) is 0.831. The van der Waals surface area contributed by atoms with Crippen LogP contribution in [0.25, 0.3) is 6.08 Å². The lowest BCUT2D eigenvalue weighted by Crippen LogP contribution is -2.30. The number of ether oxygens (including phenoxy) is 1. The first kappa shape index (κ1) is 18.0. The van der Waals surface area contributed by atoms with E-state index in [1.165, 1.54) is 17.1 Å². The number of hydrogen-bond donors (Lipinski definition) is 0. The molecule has 0 spiro atoms. The number of nitrogens with zero attached hydrogens (tertiary/aromatic N) is 1. The Kier molecular flexibility index (Phi) is 6.41. The van der Waals surface area contributed by atoms with Gasteiger partial charge in [0, 0.05) is 18.8 Å². The van der Waals surface area contributed by atoms with Crippen molar-refractivity contribution in [3.63, 3.8) is 0 Å². The molecule has 4 nitrogen and oxygen atoms in total. The second-order valence-corrected chi connectivity index (χ2v) is 5.72. The van der Waals surface area contributed by atoms with Crippen molar-refractivity contribution in [2.75, 3.05) is 18.6 Å². The van der Waals surface area contributed by atoms with Crippen LogP contribution in [0.3, 0.4) is 0 Å². The fourth-order valence-electron chi connectivity index (χ4n) is 1.85. The molecule has 0 heterocycles. The second-order valence-electron chi connectivity index (χ2n) is 4.90. The summed E-state index contributed by atoms with van der Waals surface area (Å²) in [6, 6.07) is 14.1. The van der Waals surface area contributed by atoms with E-state index in [9.17, 15) is 9.59 Å². The Hall–Kier alpha value is -2.30. The number of benzene rings is 2. The molecule has 0 aromatic heterocycles. The summed E-state index contributed by atoms with van der Waals surface area (Å²) in [4.78, 5) is 25.1. The molecular formula is C18H15Cl2NO3. The van der Waals surface area contributed by atoms with Crippen molar-refractivity contribution in [2.45, 2.75) is 0 Å². The number of halogens is 2. The number of rotatable bonds is 5. The Balaban J connectivity index is 1.87. The number of amides is 1. The molecule has 0 saturated carbocycles. The number of anilines is 1. The van der Waals surface area contributed by atoms with E-state index in [1.54, 1.807) is 37.4 Å². The molecular weight excluding hydrogens is 349 g/mol. The average molecular weight is 364 g/mol. The SMILES string of the molecule is CN(C(=O)COC(=O)/C=C/c1ccc(Cl)c(Cl)c1)c1ccccc1. The van der Waals surface area contributed by atoms with E-state index in [0.717, 1.165) is 5.69 Å². The predicted octanol–water partition coefficient (Wildman–Crippen LogP) is 4.21. The van der Waals surface area contributed by atoms with Gasteiger partial charge in [0.15, 0.2) is 6.61 Å². The monoisotopic (exact) mass is 363 g/mol. The molecule has 0 aliphatic rings. The van der Waals surface area contributed by atoms with Gasteiger partial charge in [-0.1, -0.05) is 47.5 Å². The molecule has 0 saturated heterocycles. The summed E-state index contributed by atoms with van der Waals surface area (Å²) in [6.45, 7) is -0.337. The van der Waals surface area contributed by atoms with Crippen molar-refractivity contribution < 1.29 is 14.3 Å². The maximum Gasteiger partial charge on any atom is 0.331 e. The minimum atomic E-state index is -0.615. The Morgan fingerprint density at radius 3 is 2.46 bits per heavy atom. The van der Waals surface area contributed by atoms with E-state index in [1.807, 2.05) is 18.2 Å². The van der Waals surface area contributed by atoms with E-state index < -0.39 is 5.97 Å². The van der Waals surface area contributed by atoms with E-state index in [-0.39, 0.29) is 12.5 Å². The number of para-hydroxylation sites is 1. The van der Waals surface area contributed by atoms with Gasteiger partial charge in [-0.25, -0.2) is 4.79 Å². The van der Waals surface area contributed by atoms with Crippen LogP contribution in [0.5, 0.6) is 0 Å². The van der Waals surface area contributed by atoms with Crippen molar-refractivity contribution in [3.05, 3.63) is 70.2 Å². The quantitative estimate of drug-likeness (QED) is 0.590. The molecule has 0 aliphatic heterocycles. The first-order valence-electron chi connectivity index (χ1n) is 7.09. The molecule has 24 heavy (non-hydrogen) atoms. The normalized spacial score (nSPS) is 10.6. The molecule has 0 bridgehead atoms. The highest BCUT2D eigenvalue weighted by Gasteiger charge is 2.12. The highest BCUT2D eigenvalue weighted by molar-refractivity contribution is 6.42. The van der Waals surface area contributed by atoms with E-state index >= 15 is 0 Å². The van der Waals surface area contributed by atoms with Gasteiger partial charge >= 0.3 is 5.97 Å². The lowest BCUT2D eigenvalue weighted by atomic mass is 10.2. The van der Waals surface area contributed by atoms with Crippen molar-refractivity contribution in [1.82, 2.24) is 0 Å². The average Bonchev–Trinajstić information content (AvgIpc) is 2.60. The molecule has 0 fully saturated rings. The van der Waals surface area contributed by atoms with Gasteiger partial charge in [-0.05, 0) is 35.9 Å². The van der Waals surface area contributed by atoms with Gasteiger partial charge in [0.1, 0.15) is 0 Å². The van der Waals surface area contributed by atoms with Crippen LogP contribution in [-0.4, -0.2) is 25.5 Å². The molecule has 0 unspecified atom stereocenters. The summed E-state index contributed by atoms with van der Waals surface area (Å²) in [5.74, 6) is -0.937. The van der Waals surface area contributed by atoms with Crippen LogP contribution in [0, 0.1) is 0 Å². The van der Waals surface area contributed by atoms with Crippen molar-refractivity contribution >= 4 is 46.8 Å². The van der Waals surface area contributed by atoms with E-state index in [0.29, 0.717) is 15.6 Å². The Morgan fingerprint density at radius 2 is 1.79 bits per heavy atom. The number of esters is 1. The van der Waals surface area contributed by atoms with Gasteiger partial charge in [0.2, 0.25) is 0 Å². The Labute approximate surface area is 150 Å². The summed E-state index contributed by atoms with van der Waals surface area (Å²) in [7, 11) is 1.62. The summed E-state index contributed by atoms with van der Waals surface area (Å²) in [5.41, 5.74) is 1.43. The molecule has 6 heteroatoms. The van der Waals surface area contributed by atoms with Crippen LogP contribution in [0.15, 0.2) is 54.6 Å².